The van der Waals surface area contributed by atoms with Gasteiger partial charge in [-0.05, 0) is 42.9 Å². The molecule has 0 bridgehead atoms. The van der Waals surface area contributed by atoms with Crippen LogP contribution in [0.3, 0.4) is 0 Å². The molecule has 0 saturated carbocycles. The third-order valence-corrected chi connectivity index (χ3v) is 6.60. The van der Waals surface area contributed by atoms with Gasteiger partial charge in [-0.25, -0.2) is 4.79 Å². The fraction of sp³-hybridized carbons (Fsp3) is 0.654. The van der Waals surface area contributed by atoms with Crippen molar-refractivity contribution < 1.29 is 14.3 Å². The number of rotatable bonds is 17. The van der Waals surface area contributed by atoms with Crippen molar-refractivity contribution in [1.29, 1.82) is 0 Å². The largest absolute Gasteiger partial charge is 0.465 e. The van der Waals surface area contributed by atoms with Crippen molar-refractivity contribution in [3.8, 4) is 0 Å². The third kappa shape index (κ3) is 15.1. The Morgan fingerprint density at radius 2 is 1.36 bits per heavy atom. The molecule has 0 radical (unpaired) electrons. The average molecular weight is 581 g/mol. The van der Waals surface area contributed by atoms with E-state index in [1.54, 1.807) is 24.3 Å². The molecule has 0 heterocycles. The van der Waals surface area contributed by atoms with Gasteiger partial charge in [0, 0.05) is 12.1 Å². The minimum atomic E-state index is -1.81. The first kappa shape index (κ1) is 32.7. The van der Waals surface area contributed by atoms with Gasteiger partial charge in [0.2, 0.25) is 9.70 Å². The first-order chi connectivity index (χ1) is 17.2. The summed E-state index contributed by atoms with van der Waals surface area (Å²) >= 11 is 23.5. The molecule has 36 heavy (non-hydrogen) atoms. The highest BCUT2D eigenvalue weighted by Crippen LogP contribution is 2.29. The molecule has 3 N–H and O–H groups in total. The summed E-state index contributed by atoms with van der Waals surface area (Å²) in [5, 5.41) is 8.63. The number of hydrogen-bond donors (Lipinski definition) is 3. The van der Waals surface area contributed by atoms with Crippen molar-refractivity contribution in [1.82, 2.24) is 10.6 Å². The maximum atomic E-state index is 12.4. The van der Waals surface area contributed by atoms with Crippen LogP contribution in [0.4, 0.5) is 5.69 Å². The Bertz CT molecular complexity index is 789. The van der Waals surface area contributed by atoms with Gasteiger partial charge in [0.1, 0.15) is 6.17 Å². The number of amides is 1. The van der Waals surface area contributed by atoms with Gasteiger partial charge in [0.15, 0.2) is 5.11 Å². The van der Waals surface area contributed by atoms with Crippen molar-refractivity contribution in [2.24, 2.45) is 0 Å². The first-order valence-corrected chi connectivity index (χ1v) is 14.3. The van der Waals surface area contributed by atoms with E-state index in [-0.39, 0.29) is 11.0 Å². The molecule has 6 nitrogen and oxygen atoms in total. The lowest BCUT2D eigenvalue weighted by atomic mass is 10.0. The van der Waals surface area contributed by atoms with Crippen molar-refractivity contribution >= 4 is 69.7 Å². The van der Waals surface area contributed by atoms with E-state index >= 15 is 0 Å². The van der Waals surface area contributed by atoms with E-state index in [9.17, 15) is 9.59 Å². The highest BCUT2D eigenvalue weighted by Gasteiger charge is 2.34. The zero-order valence-electron chi connectivity index (χ0n) is 21.3. The fourth-order valence-corrected chi connectivity index (χ4v) is 4.23. The number of halogens is 3. The minimum Gasteiger partial charge on any atom is -0.465 e. The number of nitrogens with one attached hydrogen (secondary N) is 3. The van der Waals surface area contributed by atoms with Gasteiger partial charge in [-0.15, -0.1) is 0 Å². The van der Waals surface area contributed by atoms with E-state index in [0.717, 1.165) is 19.3 Å². The quantitative estimate of drug-likeness (QED) is 0.0577. The summed E-state index contributed by atoms with van der Waals surface area (Å²) in [6, 6.07) is 6.52. The lowest BCUT2D eigenvalue weighted by Gasteiger charge is -2.27. The molecule has 0 spiro atoms. The number of anilines is 1. The lowest BCUT2D eigenvalue weighted by Crippen LogP contribution is -2.56. The molecule has 0 aliphatic carbocycles. The smallest absolute Gasteiger partial charge is 0.337 e. The fourth-order valence-electron chi connectivity index (χ4n) is 3.67. The van der Waals surface area contributed by atoms with Gasteiger partial charge in [0.25, 0.3) is 0 Å². The summed E-state index contributed by atoms with van der Waals surface area (Å²) < 4.78 is 2.86. The van der Waals surface area contributed by atoms with E-state index in [2.05, 4.69) is 27.6 Å². The Morgan fingerprint density at radius 1 is 0.861 bits per heavy atom. The predicted octanol–water partition coefficient (Wildman–Crippen LogP) is 7.66. The molecule has 1 amide bonds. The van der Waals surface area contributed by atoms with Crippen LogP contribution in [-0.4, -0.2) is 34.1 Å². The third-order valence-electron chi connectivity index (χ3n) is 5.73. The second-order valence-electron chi connectivity index (χ2n) is 8.85. The van der Waals surface area contributed by atoms with Crippen LogP contribution in [0.1, 0.15) is 101 Å². The summed E-state index contributed by atoms with van der Waals surface area (Å²) in [4.78, 5) is 24.0. The predicted molar refractivity (Wildman–Crippen MR) is 155 cm³/mol. The molecule has 10 heteroatoms. The van der Waals surface area contributed by atoms with E-state index in [4.69, 9.17) is 47.0 Å². The molecular weight excluding hydrogens is 541 g/mol. The highest BCUT2D eigenvalue weighted by molar-refractivity contribution is 7.80. The van der Waals surface area contributed by atoms with Crippen LogP contribution in [0.25, 0.3) is 0 Å². The molecule has 0 unspecified atom stereocenters. The Kier molecular flexibility index (Phi) is 17.2. The SMILES string of the molecule is CCCCCCCCCCCCCCC(=O)N[C@@H](NC(=S)Nc1ccc(C(=O)OC)cc1)C(Cl)(Cl)Cl. The molecule has 1 aromatic rings. The number of methoxy groups -OCH3 is 1. The molecule has 0 aliphatic rings. The van der Waals surface area contributed by atoms with E-state index in [1.807, 2.05) is 0 Å². The summed E-state index contributed by atoms with van der Waals surface area (Å²) in [6.07, 6.45) is 14.0. The number of hydrogen-bond acceptors (Lipinski definition) is 4. The van der Waals surface area contributed by atoms with Crippen LogP contribution >= 0.6 is 47.0 Å². The van der Waals surface area contributed by atoms with Crippen LogP contribution in [0.15, 0.2) is 24.3 Å². The Hall–Kier alpha value is -1.28. The maximum absolute atomic E-state index is 12.4. The molecule has 0 aromatic heterocycles. The number of alkyl halides is 3. The zero-order valence-corrected chi connectivity index (χ0v) is 24.4. The van der Waals surface area contributed by atoms with Gasteiger partial charge in [-0.3, -0.25) is 4.79 Å². The molecular formula is C26H40Cl3N3O3S. The molecule has 1 rings (SSSR count). The van der Waals surface area contributed by atoms with Crippen molar-refractivity contribution in [3.05, 3.63) is 29.8 Å². The number of carbonyl (C=O) groups excluding carboxylic acids is 2. The highest BCUT2D eigenvalue weighted by atomic mass is 35.6. The molecule has 0 aliphatic heterocycles. The molecule has 1 aromatic carbocycles. The van der Waals surface area contributed by atoms with Gasteiger partial charge in [-0.2, -0.15) is 0 Å². The maximum Gasteiger partial charge on any atom is 0.337 e. The molecule has 0 saturated heterocycles. The topological polar surface area (TPSA) is 79.5 Å². The summed E-state index contributed by atoms with van der Waals surface area (Å²) in [5.41, 5.74) is 1.03. The van der Waals surface area contributed by atoms with E-state index in [0.29, 0.717) is 17.7 Å². The number of thiocarbonyl (C=S) groups is 1. The Labute approximate surface area is 236 Å². The standard InChI is InChI=1S/C26H40Cl3N3O3S/c1-3-4-5-6-7-8-9-10-11-12-13-14-15-22(33)31-24(26(27,28)29)32-25(36)30-21-18-16-20(17-19-21)23(34)35-2/h16-19,24H,3-15H2,1-2H3,(H,31,33)(H2,30,32,36)/t24-/m0/s1. The summed E-state index contributed by atoms with van der Waals surface area (Å²) in [5.74, 6) is -0.648. The lowest BCUT2D eigenvalue weighted by molar-refractivity contribution is -0.122. The van der Waals surface area contributed by atoms with Crippen LogP contribution in [0.2, 0.25) is 0 Å². The van der Waals surface area contributed by atoms with Crippen LogP contribution in [0, 0.1) is 0 Å². The zero-order chi connectivity index (χ0) is 26.8. The van der Waals surface area contributed by atoms with Crippen molar-refractivity contribution in [2.45, 2.75) is 100 Å². The second kappa shape index (κ2) is 18.9. The average Bonchev–Trinajstić information content (AvgIpc) is 2.83. The number of esters is 1. The van der Waals surface area contributed by atoms with Gasteiger partial charge < -0.3 is 20.7 Å². The molecule has 0 fully saturated rings. The summed E-state index contributed by atoms with van der Waals surface area (Å²) in [7, 11) is 1.32. The van der Waals surface area contributed by atoms with Crippen molar-refractivity contribution in [3.63, 3.8) is 0 Å². The van der Waals surface area contributed by atoms with Gasteiger partial charge in [-0.1, -0.05) is 112 Å². The molecule has 204 valence electrons. The van der Waals surface area contributed by atoms with Crippen LogP contribution < -0.4 is 16.0 Å². The van der Waals surface area contributed by atoms with Gasteiger partial charge >= 0.3 is 5.97 Å². The number of carbonyl (C=O) groups is 2. The minimum absolute atomic E-state index is 0.155. The van der Waals surface area contributed by atoms with Crippen molar-refractivity contribution in [2.75, 3.05) is 12.4 Å². The monoisotopic (exact) mass is 579 g/mol. The first-order valence-electron chi connectivity index (χ1n) is 12.8. The van der Waals surface area contributed by atoms with E-state index in [1.165, 1.54) is 64.9 Å². The summed E-state index contributed by atoms with van der Waals surface area (Å²) in [6.45, 7) is 2.24. The number of ether oxygens (including phenoxy) is 1. The number of unbranched alkanes of at least 4 members (excludes halogenated alkanes) is 11. The number of benzene rings is 1. The van der Waals surface area contributed by atoms with Crippen LogP contribution in [-0.2, 0) is 9.53 Å². The second-order valence-corrected chi connectivity index (χ2v) is 11.6. The molecule has 1 atom stereocenters. The van der Waals surface area contributed by atoms with Crippen LogP contribution in [0.5, 0.6) is 0 Å². The normalized spacial score (nSPS) is 12.0. The Morgan fingerprint density at radius 3 is 1.83 bits per heavy atom. The Balaban J connectivity index is 2.30. The van der Waals surface area contributed by atoms with E-state index < -0.39 is 15.9 Å². The van der Waals surface area contributed by atoms with Gasteiger partial charge in [0.05, 0.1) is 12.7 Å².